The summed E-state index contributed by atoms with van der Waals surface area (Å²) >= 11 is 0. The molecule has 1 aliphatic rings. The zero-order valence-electron chi connectivity index (χ0n) is 14.1. The van der Waals surface area contributed by atoms with Crippen LogP contribution in [-0.4, -0.2) is 0 Å². The van der Waals surface area contributed by atoms with E-state index in [9.17, 15) is 0 Å². The lowest BCUT2D eigenvalue weighted by Gasteiger charge is -2.05. The van der Waals surface area contributed by atoms with E-state index in [1.54, 1.807) is 0 Å². The van der Waals surface area contributed by atoms with Crippen molar-refractivity contribution < 1.29 is 0 Å². The van der Waals surface area contributed by atoms with Gasteiger partial charge in [-0.3, -0.25) is 0 Å². The van der Waals surface area contributed by atoms with Crippen molar-refractivity contribution in [3.63, 3.8) is 0 Å². The molecule has 0 amide bonds. The SMILES string of the molecule is C1CCCCCCCCCCCCCCCCCCC1. The molecule has 1 fully saturated rings. The van der Waals surface area contributed by atoms with Crippen molar-refractivity contribution in [3.05, 3.63) is 0 Å². The summed E-state index contributed by atoms with van der Waals surface area (Å²) in [5.74, 6) is 0. The Hall–Kier alpha value is 0. The molecule has 0 spiro atoms. The van der Waals surface area contributed by atoms with Crippen LogP contribution in [0.15, 0.2) is 0 Å². The fourth-order valence-corrected chi connectivity index (χ4v) is 3.54. The summed E-state index contributed by atoms with van der Waals surface area (Å²) < 4.78 is 0. The molecular formula is C20H40. The molecule has 1 saturated carbocycles. The molecule has 0 N–H and O–H groups in total. The van der Waals surface area contributed by atoms with Gasteiger partial charge in [-0.1, -0.05) is 128 Å². The van der Waals surface area contributed by atoms with Gasteiger partial charge >= 0.3 is 0 Å². The third-order valence-electron chi connectivity index (χ3n) is 5.00. The quantitative estimate of drug-likeness (QED) is 0.424. The summed E-state index contributed by atoms with van der Waals surface area (Å²) in [7, 11) is 0. The lowest BCUT2D eigenvalue weighted by Crippen LogP contribution is -1.85. The molecule has 0 heterocycles. The third kappa shape index (κ3) is 13.0. The maximum atomic E-state index is 1.50. The van der Waals surface area contributed by atoms with E-state index in [-0.39, 0.29) is 0 Å². The van der Waals surface area contributed by atoms with Gasteiger partial charge in [0.05, 0.1) is 0 Å². The van der Waals surface area contributed by atoms with Crippen LogP contribution in [0.3, 0.4) is 0 Å². The lowest BCUT2D eigenvalue weighted by atomic mass is 10.0. The molecule has 0 bridgehead atoms. The number of hydrogen-bond donors (Lipinski definition) is 0. The highest BCUT2D eigenvalue weighted by atomic mass is 14.0. The topological polar surface area (TPSA) is 0 Å². The van der Waals surface area contributed by atoms with Crippen LogP contribution >= 0.6 is 0 Å². The second kappa shape index (κ2) is 15.4. The first kappa shape index (κ1) is 18.1. The third-order valence-corrected chi connectivity index (χ3v) is 5.00. The van der Waals surface area contributed by atoms with Crippen LogP contribution in [0.2, 0.25) is 0 Å². The molecule has 0 aromatic carbocycles. The molecule has 20 heavy (non-hydrogen) atoms. The van der Waals surface area contributed by atoms with Crippen molar-refractivity contribution in [1.29, 1.82) is 0 Å². The summed E-state index contributed by atoms with van der Waals surface area (Å²) in [6.45, 7) is 0. The Morgan fingerprint density at radius 1 is 0.100 bits per heavy atom. The fourth-order valence-electron chi connectivity index (χ4n) is 3.54. The molecule has 0 aliphatic heterocycles. The Bertz CT molecular complexity index is 86.4. The minimum atomic E-state index is 1.50. The molecule has 1 rings (SSSR count). The molecular weight excluding hydrogens is 240 g/mol. The Labute approximate surface area is 129 Å². The largest absolute Gasteiger partial charge is 0.0533 e. The first-order valence-electron chi connectivity index (χ1n) is 10.00. The van der Waals surface area contributed by atoms with Crippen molar-refractivity contribution in [2.24, 2.45) is 0 Å². The van der Waals surface area contributed by atoms with Crippen LogP contribution in [0.4, 0.5) is 0 Å². The van der Waals surface area contributed by atoms with Crippen LogP contribution in [0.5, 0.6) is 0 Å². The highest BCUT2D eigenvalue weighted by molar-refractivity contribution is 4.52. The van der Waals surface area contributed by atoms with Crippen LogP contribution in [0, 0.1) is 0 Å². The second-order valence-corrected chi connectivity index (χ2v) is 7.07. The Morgan fingerprint density at radius 2 is 0.150 bits per heavy atom. The van der Waals surface area contributed by atoms with Gasteiger partial charge in [0.25, 0.3) is 0 Å². The van der Waals surface area contributed by atoms with E-state index in [4.69, 9.17) is 0 Å². The predicted molar refractivity (Wildman–Crippen MR) is 92.3 cm³/mol. The molecule has 120 valence electrons. The summed E-state index contributed by atoms with van der Waals surface area (Å²) in [4.78, 5) is 0. The normalized spacial score (nSPS) is 24.0. The van der Waals surface area contributed by atoms with Crippen LogP contribution in [-0.2, 0) is 0 Å². The highest BCUT2D eigenvalue weighted by Crippen LogP contribution is 2.16. The van der Waals surface area contributed by atoms with E-state index in [1.807, 2.05) is 0 Å². The van der Waals surface area contributed by atoms with Gasteiger partial charge in [-0.15, -0.1) is 0 Å². The van der Waals surface area contributed by atoms with Gasteiger partial charge in [0.15, 0.2) is 0 Å². The molecule has 1 aliphatic carbocycles. The van der Waals surface area contributed by atoms with E-state index >= 15 is 0 Å². The van der Waals surface area contributed by atoms with Crippen molar-refractivity contribution in [1.82, 2.24) is 0 Å². The summed E-state index contributed by atoms with van der Waals surface area (Å²) in [5.41, 5.74) is 0. The van der Waals surface area contributed by atoms with Gasteiger partial charge in [-0.2, -0.15) is 0 Å². The Morgan fingerprint density at radius 3 is 0.200 bits per heavy atom. The van der Waals surface area contributed by atoms with Crippen LogP contribution in [0.25, 0.3) is 0 Å². The van der Waals surface area contributed by atoms with Gasteiger partial charge in [-0.25, -0.2) is 0 Å². The zero-order valence-corrected chi connectivity index (χ0v) is 14.1. The average Bonchev–Trinajstić information content (AvgIpc) is 2.46. The summed E-state index contributed by atoms with van der Waals surface area (Å²) in [6, 6.07) is 0. The molecule has 0 saturated heterocycles. The average molecular weight is 281 g/mol. The molecule has 0 nitrogen and oxygen atoms in total. The van der Waals surface area contributed by atoms with Gasteiger partial charge in [0.2, 0.25) is 0 Å². The fraction of sp³-hybridized carbons (Fsp3) is 1.00. The first-order valence-corrected chi connectivity index (χ1v) is 10.00. The van der Waals surface area contributed by atoms with E-state index in [1.165, 1.54) is 128 Å². The van der Waals surface area contributed by atoms with Gasteiger partial charge in [-0.05, 0) is 0 Å². The second-order valence-electron chi connectivity index (χ2n) is 7.07. The highest BCUT2D eigenvalue weighted by Gasteiger charge is 1.96. The Balaban J connectivity index is 2.00. The predicted octanol–water partition coefficient (Wildman–Crippen LogP) is 7.80. The minimum absolute atomic E-state index is 1.50. The maximum Gasteiger partial charge on any atom is -0.0533 e. The van der Waals surface area contributed by atoms with Crippen LogP contribution < -0.4 is 0 Å². The van der Waals surface area contributed by atoms with E-state index in [2.05, 4.69) is 0 Å². The van der Waals surface area contributed by atoms with Crippen LogP contribution in [0.1, 0.15) is 128 Å². The molecule has 0 heteroatoms. The van der Waals surface area contributed by atoms with Crippen molar-refractivity contribution in [2.75, 3.05) is 0 Å². The molecule has 0 atom stereocenters. The summed E-state index contributed by atoms with van der Waals surface area (Å²) in [6.07, 6.45) is 30.0. The smallest absolute Gasteiger partial charge is 0.0533 e. The zero-order chi connectivity index (χ0) is 14.1. The molecule has 0 unspecified atom stereocenters. The minimum Gasteiger partial charge on any atom is -0.0533 e. The van der Waals surface area contributed by atoms with Crippen molar-refractivity contribution >= 4 is 0 Å². The van der Waals surface area contributed by atoms with Crippen molar-refractivity contribution in [3.8, 4) is 0 Å². The molecule has 0 aromatic heterocycles. The monoisotopic (exact) mass is 280 g/mol. The number of hydrogen-bond acceptors (Lipinski definition) is 0. The lowest BCUT2D eigenvalue weighted by molar-refractivity contribution is 0.504. The molecule has 0 aromatic rings. The van der Waals surface area contributed by atoms with Gasteiger partial charge in [0, 0.05) is 0 Å². The van der Waals surface area contributed by atoms with Gasteiger partial charge < -0.3 is 0 Å². The van der Waals surface area contributed by atoms with E-state index < -0.39 is 0 Å². The van der Waals surface area contributed by atoms with E-state index in [0.717, 1.165) is 0 Å². The molecule has 0 radical (unpaired) electrons. The van der Waals surface area contributed by atoms with Gasteiger partial charge in [0.1, 0.15) is 0 Å². The Kier molecular flexibility index (Phi) is 13.9. The van der Waals surface area contributed by atoms with E-state index in [0.29, 0.717) is 0 Å². The first-order chi connectivity index (χ1) is 10.0. The maximum absolute atomic E-state index is 1.50. The standard InChI is InChI=1S/C20H40/c1-2-4-6-8-10-12-14-16-18-20-19-17-15-13-11-9-7-5-3-1/h1-20H2. The summed E-state index contributed by atoms with van der Waals surface area (Å²) in [5, 5.41) is 0. The number of rotatable bonds is 0. The van der Waals surface area contributed by atoms with Crippen molar-refractivity contribution in [2.45, 2.75) is 128 Å².